The average molecular weight is 345 g/mol. The molecule has 0 saturated carbocycles. The highest BCUT2D eigenvalue weighted by molar-refractivity contribution is 5.76. The number of furan rings is 1. The van der Waals surface area contributed by atoms with Crippen LogP contribution in [0, 0.1) is 0 Å². The fraction of sp³-hybridized carbons (Fsp3) is 0.450. The van der Waals surface area contributed by atoms with E-state index >= 15 is 0 Å². The first-order valence-electron chi connectivity index (χ1n) is 8.90. The lowest BCUT2D eigenvalue weighted by Gasteiger charge is -2.13. The van der Waals surface area contributed by atoms with Crippen LogP contribution in [0.4, 0.5) is 0 Å². The molecule has 1 aromatic heterocycles. The maximum atomic E-state index is 12.0. The largest absolute Gasteiger partial charge is 0.490 e. The van der Waals surface area contributed by atoms with Gasteiger partial charge in [0, 0.05) is 6.42 Å². The molecular weight excluding hydrogens is 318 g/mol. The zero-order valence-electron chi connectivity index (χ0n) is 15.0. The van der Waals surface area contributed by atoms with Gasteiger partial charge in [0.15, 0.2) is 11.5 Å². The number of amides is 1. The van der Waals surface area contributed by atoms with E-state index in [1.807, 2.05) is 31.2 Å². The lowest BCUT2D eigenvalue weighted by atomic mass is 10.1. The van der Waals surface area contributed by atoms with E-state index in [1.165, 1.54) is 0 Å². The van der Waals surface area contributed by atoms with E-state index in [0.717, 1.165) is 35.7 Å². The van der Waals surface area contributed by atoms with Gasteiger partial charge in [-0.1, -0.05) is 19.4 Å². The van der Waals surface area contributed by atoms with Gasteiger partial charge in [-0.15, -0.1) is 0 Å². The van der Waals surface area contributed by atoms with Crippen LogP contribution in [0.1, 0.15) is 44.4 Å². The van der Waals surface area contributed by atoms with Crippen LogP contribution in [0.15, 0.2) is 41.0 Å². The number of carbonyl (C=O) groups excluding carboxylic acids is 1. The second-order valence-corrected chi connectivity index (χ2v) is 5.77. The van der Waals surface area contributed by atoms with Gasteiger partial charge in [-0.05, 0) is 49.6 Å². The molecule has 0 aliphatic rings. The molecule has 2 aromatic rings. The third kappa shape index (κ3) is 6.53. The molecule has 0 bridgehead atoms. The fourth-order valence-electron chi connectivity index (χ4n) is 2.37. The highest BCUT2D eigenvalue weighted by Crippen LogP contribution is 2.29. The molecule has 1 amide bonds. The minimum Gasteiger partial charge on any atom is -0.490 e. The van der Waals surface area contributed by atoms with Crippen LogP contribution in [0.5, 0.6) is 11.5 Å². The van der Waals surface area contributed by atoms with Crippen molar-refractivity contribution in [1.29, 1.82) is 0 Å². The molecule has 2 rings (SSSR count). The Kier molecular flexibility index (Phi) is 7.89. The Bertz CT molecular complexity index is 637. The van der Waals surface area contributed by atoms with Crippen molar-refractivity contribution in [2.45, 2.75) is 46.1 Å². The molecule has 1 aromatic carbocycles. The van der Waals surface area contributed by atoms with Crippen LogP contribution in [-0.4, -0.2) is 19.1 Å². The second-order valence-electron chi connectivity index (χ2n) is 5.77. The molecule has 0 spiro atoms. The summed E-state index contributed by atoms with van der Waals surface area (Å²) in [7, 11) is 0. The van der Waals surface area contributed by atoms with Crippen molar-refractivity contribution in [3.05, 3.63) is 47.9 Å². The predicted octanol–water partition coefficient (Wildman–Crippen LogP) is 4.11. The highest BCUT2D eigenvalue weighted by atomic mass is 16.5. The minimum atomic E-state index is -0.00219. The molecule has 0 unspecified atom stereocenters. The van der Waals surface area contributed by atoms with E-state index in [0.29, 0.717) is 32.6 Å². The quantitative estimate of drug-likeness (QED) is 0.623. The Hall–Kier alpha value is -2.43. The smallest absolute Gasteiger partial charge is 0.220 e. The number of carbonyl (C=O) groups is 1. The van der Waals surface area contributed by atoms with Crippen LogP contribution >= 0.6 is 0 Å². The number of ether oxygens (including phenoxy) is 2. The van der Waals surface area contributed by atoms with Crippen molar-refractivity contribution in [2.24, 2.45) is 0 Å². The number of aryl methyl sites for hydroxylation is 1. The predicted molar refractivity (Wildman–Crippen MR) is 96.9 cm³/mol. The van der Waals surface area contributed by atoms with Crippen molar-refractivity contribution in [1.82, 2.24) is 5.32 Å². The normalized spacial score (nSPS) is 10.5. The SMILES string of the molecule is CCCCOc1ccc(CCC(=O)NCc2ccco2)cc1OCC. The first kappa shape index (κ1) is 18.9. The molecule has 5 nitrogen and oxygen atoms in total. The molecule has 25 heavy (non-hydrogen) atoms. The lowest BCUT2D eigenvalue weighted by molar-refractivity contribution is -0.121. The van der Waals surface area contributed by atoms with Gasteiger partial charge >= 0.3 is 0 Å². The molecule has 1 heterocycles. The van der Waals surface area contributed by atoms with Crippen molar-refractivity contribution >= 4 is 5.91 Å². The summed E-state index contributed by atoms with van der Waals surface area (Å²) in [5.41, 5.74) is 1.06. The number of benzene rings is 1. The molecule has 0 aliphatic carbocycles. The lowest BCUT2D eigenvalue weighted by Crippen LogP contribution is -2.22. The van der Waals surface area contributed by atoms with Gasteiger partial charge in [0.2, 0.25) is 5.91 Å². The molecule has 1 N–H and O–H groups in total. The van der Waals surface area contributed by atoms with Crippen LogP contribution in [-0.2, 0) is 17.8 Å². The molecule has 136 valence electrons. The van der Waals surface area contributed by atoms with Gasteiger partial charge in [0.1, 0.15) is 5.76 Å². The Morgan fingerprint density at radius 2 is 2.04 bits per heavy atom. The Morgan fingerprint density at radius 1 is 1.16 bits per heavy atom. The minimum absolute atomic E-state index is 0.00219. The molecule has 5 heteroatoms. The highest BCUT2D eigenvalue weighted by Gasteiger charge is 2.09. The molecule has 0 atom stereocenters. The van der Waals surface area contributed by atoms with E-state index in [-0.39, 0.29) is 5.91 Å². The fourth-order valence-corrected chi connectivity index (χ4v) is 2.37. The van der Waals surface area contributed by atoms with Crippen LogP contribution in [0.3, 0.4) is 0 Å². The third-order valence-electron chi connectivity index (χ3n) is 3.74. The monoisotopic (exact) mass is 345 g/mol. The van der Waals surface area contributed by atoms with E-state index in [9.17, 15) is 4.79 Å². The van der Waals surface area contributed by atoms with Crippen LogP contribution in [0.25, 0.3) is 0 Å². The number of hydrogen-bond acceptors (Lipinski definition) is 4. The Labute approximate surface area is 149 Å². The van der Waals surface area contributed by atoms with Crippen molar-refractivity contribution in [3.8, 4) is 11.5 Å². The topological polar surface area (TPSA) is 60.7 Å². The zero-order chi connectivity index (χ0) is 17.9. The van der Waals surface area contributed by atoms with Crippen molar-refractivity contribution in [2.75, 3.05) is 13.2 Å². The summed E-state index contributed by atoms with van der Waals surface area (Å²) >= 11 is 0. The number of rotatable bonds is 11. The molecule has 0 radical (unpaired) electrons. The summed E-state index contributed by atoms with van der Waals surface area (Å²) in [5, 5.41) is 2.85. The summed E-state index contributed by atoms with van der Waals surface area (Å²) in [6, 6.07) is 9.53. The Balaban J connectivity index is 1.85. The maximum Gasteiger partial charge on any atom is 0.220 e. The summed E-state index contributed by atoms with van der Waals surface area (Å²) < 4.78 is 16.6. The van der Waals surface area contributed by atoms with Gasteiger partial charge in [-0.3, -0.25) is 4.79 Å². The van der Waals surface area contributed by atoms with Gasteiger partial charge in [-0.25, -0.2) is 0 Å². The molecule has 0 saturated heterocycles. The second kappa shape index (κ2) is 10.4. The van der Waals surface area contributed by atoms with E-state index in [2.05, 4.69) is 12.2 Å². The molecule has 0 aliphatic heterocycles. The number of nitrogens with one attached hydrogen (secondary N) is 1. The molecular formula is C20H27NO4. The van der Waals surface area contributed by atoms with Crippen LogP contribution < -0.4 is 14.8 Å². The van der Waals surface area contributed by atoms with Crippen LogP contribution in [0.2, 0.25) is 0 Å². The van der Waals surface area contributed by atoms with E-state index < -0.39 is 0 Å². The summed E-state index contributed by atoms with van der Waals surface area (Å²) in [6.45, 7) is 5.76. The number of unbranched alkanes of at least 4 members (excludes halogenated alkanes) is 1. The summed E-state index contributed by atoms with van der Waals surface area (Å²) in [4.78, 5) is 12.0. The van der Waals surface area contributed by atoms with Crippen molar-refractivity contribution < 1.29 is 18.7 Å². The average Bonchev–Trinajstić information content (AvgIpc) is 3.14. The summed E-state index contributed by atoms with van der Waals surface area (Å²) in [6.07, 6.45) is 4.78. The van der Waals surface area contributed by atoms with E-state index in [1.54, 1.807) is 12.3 Å². The summed E-state index contributed by atoms with van der Waals surface area (Å²) in [5.74, 6) is 2.26. The van der Waals surface area contributed by atoms with Gasteiger partial charge in [0.25, 0.3) is 0 Å². The number of hydrogen-bond donors (Lipinski definition) is 1. The van der Waals surface area contributed by atoms with Crippen molar-refractivity contribution in [3.63, 3.8) is 0 Å². The first-order chi connectivity index (χ1) is 12.2. The van der Waals surface area contributed by atoms with Gasteiger partial charge < -0.3 is 19.2 Å². The standard InChI is InChI=1S/C20H27NO4/c1-3-5-12-25-18-10-8-16(14-19(18)23-4-2)9-11-20(22)21-15-17-7-6-13-24-17/h6-8,10,13-14H,3-5,9,11-12,15H2,1-2H3,(H,21,22). The molecule has 0 fully saturated rings. The third-order valence-corrected chi connectivity index (χ3v) is 3.74. The maximum absolute atomic E-state index is 12.0. The van der Waals surface area contributed by atoms with Gasteiger partial charge in [-0.2, -0.15) is 0 Å². The first-order valence-corrected chi connectivity index (χ1v) is 8.90. The van der Waals surface area contributed by atoms with Gasteiger partial charge in [0.05, 0.1) is 26.0 Å². The zero-order valence-corrected chi connectivity index (χ0v) is 15.0. The van der Waals surface area contributed by atoms with E-state index in [4.69, 9.17) is 13.9 Å². The Morgan fingerprint density at radius 3 is 2.76 bits per heavy atom.